The van der Waals surface area contributed by atoms with Crippen molar-refractivity contribution in [3.63, 3.8) is 0 Å². The number of halogens is 2. The molecule has 4 rings (SSSR count). The summed E-state index contributed by atoms with van der Waals surface area (Å²) in [6, 6.07) is 11.0. The van der Waals surface area contributed by atoms with Crippen LogP contribution in [0.3, 0.4) is 0 Å². The second-order valence-electron chi connectivity index (χ2n) is 6.18. The predicted octanol–water partition coefficient (Wildman–Crippen LogP) is 5.61. The maximum absolute atomic E-state index is 13.6. The minimum atomic E-state index is -0.185. The van der Waals surface area contributed by atoms with Crippen LogP contribution in [-0.2, 0) is 0 Å². The van der Waals surface area contributed by atoms with Gasteiger partial charge in [-0.2, -0.15) is 0 Å². The number of nitrogens with one attached hydrogen (secondary N) is 1. The molecular weight excluding hydrogens is 297 g/mol. The molecule has 0 bridgehead atoms. The summed E-state index contributed by atoms with van der Waals surface area (Å²) in [6.45, 7) is 2.09. The fraction of sp³-hybridized carbons (Fsp3) is 0.263. The molecule has 112 valence electrons. The van der Waals surface area contributed by atoms with Crippen molar-refractivity contribution in [2.75, 3.05) is 5.32 Å². The zero-order chi connectivity index (χ0) is 15.3. The van der Waals surface area contributed by atoms with Crippen LogP contribution in [0.15, 0.2) is 48.6 Å². The number of hydrogen-bond acceptors (Lipinski definition) is 1. The maximum atomic E-state index is 13.6. The lowest BCUT2D eigenvalue weighted by Crippen LogP contribution is -2.29. The molecule has 0 radical (unpaired) electrons. The highest BCUT2D eigenvalue weighted by Gasteiger charge is 2.39. The van der Waals surface area contributed by atoms with Gasteiger partial charge in [-0.25, -0.2) is 4.39 Å². The monoisotopic (exact) mass is 313 g/mol. The molecule has 2 aromatic carbocycles. The van der Waals surface area contributed by atoms with Crippen LogP contribution in [0.4, 0.5) is 10.1 Å². The van der Waals surface area contributed by atoms with Gasteiger partial charge in [0, 0.05) is 22.2 Å². The number of benzene rings is 2. The van der Waals surface area contributed by atoms with Gasteiger partial charge in [0.25, 0.3) is 0 Å². The van der Waals surface area contributed by atoms with E-state index in [0.29, 0.717) is 11.8 Å². The first-order valence-electron chi connectivity index (χ1n) is 7.63. The zero-order valence-corrected chi connectivity index (χ0v) is 13.1. The second kappa shape index (κ2) is 5.13. The topological polar surface area (TPSA) is 12.0 Å². The van der Waals surface area contributed by atoms with E-state index in [1.54, 1.807) is 12.1 Å². The summed E-state index contributed by atoms with van der Waals surface area (Å²) in [4.78, 5) is 0. The van der Waals surface area contributed by atoms with E-state index >= 15 is 0 Å². The molecule has 2 aliphatic rings. The first kappa shape index (κ1) is 13.8. The van der Waals surface area contributed by atoms with Crippen LogP contribution in [0.5, 0.6) is 0 Å². The Morgan fingerprint density at radius 1 is 1.23 bits per heavy atom. The highest BCUT2D eigenvalue weighted by atomic mass is 35.5. The number of hydrogen-bond donors (Lipinski definition) is 1. The summed E-state index contributed by atoms with van der Waals surface area (Å²) < 4.78 is 13.6. The molecule has 0 aromatic heterocycles. The summed E-state index contributed by atoms with van der Waals surface area (Å²) in [5, 5.41) is 4.44. The van der Waals surface area contributed by atoms with Crippen molar-refractivity contribution in [3.8, 4) is 0 Å². The van der Waals surface area contributed by atoms with Gasteiger partial charge in [-0.15, -0.1) is 0 Å². The number of aryl methyl sites for hydroxylation is 1. The van der Waals surface area contributed by atoms with E-state index in [1.807, 2.05) is 18.2 Å². The molecule has 1 N–H and O–H groups in total. The van der Waals surface area contributed by atoms with Gasteiger partial charge in [-0.1, -0.05) is 42.0 Å². The average molecular weight is 314 g/mol. The van der Waals surface area contributed by atoms with Gasteiger partial charge in [0.2, 0.25) is 0 Å². The standard InChI is InChI=1S/C19H17ClFN/c1-11-8-9-16(20)17-14-6-3-7-15(14)19(22-18(11)17)12-4-2-5-13(21)10-12/h2-6,8-10,14-15,19,22H,7H2,1H3/t14-,15+,19+/m0/s1. The molecule has 3 atom stereocenters. The summed E-state index contributed by atoms with van der Waals surface area (Å²) in [7, 11) is 0. The molecule has 1 aliphatic heterocycles. The Hall–Kier alpha value is -1.80. The summed E-state index contributed by atoms with van der Waals surface area (Å²) in [5.74, 6) is 0.501. The third-order valence-corrected chi connectivity index (χ3v) is 5.21. The number of anilines is 1. The Labute approximate surface area is 134 Å². The van der Waals surface area contributed by atoms with E-state index in [-0.39, 0.29) is 11.9 Å². The van der Waals surface area contributed by atoms with E-state index in [9.17, 15) is 4.39 Å². The highest BCUT2D eigenvalue weighted by Crippen LogP contribution is 2.52. The average Bonchev–Trinajstić information content (AvgIpc) is 2.99. The van der Waals surface area contributed by atoms with Crippen LogP contribution >= 0.6 is 11.6 Å². The Balaban J connectivity index is 1.86. The first-order chi connectivity index (χ1) is 10.6. The third kappa shape index (κ3) is 2.05. The largest absolute Gasteiger partial charge is 0.377 e. The van der Waals surface area contributed by atoms with Crippen molar-refractivity contribution < 1.29 is 4.39 Å². The summed E-state index contributed by atoms with van der Waals surface area (Å²) >= 11 is 6.47. The van der Waals surface area contributed by atoms with Crippen LogP contribution < -0.4 is 5.32 Å². The molecule has 1 nitrogen and oxygen atoms in total. The lowest BCUT2D eigenvalue weighted by atomic mass is 9.76. The number of rotatable bonds is 1. The molecule has 0 saturated heterocycles. The van der Waals surface area contributed by atoms with Crippen molar-refractivity contribution in [2.24, 2.45) is 5.92 Å². The van der Waals surface area contributed by atoms with Crippen LogP contribution in [0.1, 0.15) is 35.1 Å². The molecule has 3 heteroatoms. The lowest BCUT2D eigenvalue weighted by molar-refractivity contribution is 0.424. The van der Waals surface area contributed by atoms with Crippen LogP contribution in [-0.4, -0.2) is 0 Å². The second-order valence-corrected chi connectivity index (χ2v) is 6.59. The molecule has 22 heavy (non-hydrogen) atoms. The fourth-order valence-electron chi connectivity index (χ4n) is 3.84. The van der Waals surface area contributed by atoms with Gasteiger partial charge in [-0.05, 0) is 48.6 Å². The van der Waals surface area contributed by atoms with Crippen molar-refractivity contribution in [3.05, 3.63) is 76.1 Å². The number of allylic oxidation sites excluding steroid dienone is 2. The van der Waals surface area contributed by atoms with Crippen molar-refractivity contribution in [1.82, 2.24) is 0 Å². The van der Waals surface area contributed by atoms with Gasteiger partial charge < -0.3 is 5.32 Å². The molecule has 2 aromatic rings. The zero-order valence-electron chi connectivity index (χ0n) is 12.3. The smallest absolute Gasteiger partial charge is 0.123 e. The first-order valence-corrected chi connectivity index (χ1v) is 8.00. The van der Waals surface area contributed by atoms with Gasteiger partial charge in [-0.3, -0.25) is 0 Å². The molecule has 0 spiro atoms. The Morgan fingerprint density at radius 3 is 2.91 bits per heavy atom. The van der Waals surface area contributed by atoms with E-state index in [2.05, 4.69) is 24.4 Å². The summed E-state index contributed by atoms with van der Waals surface area (Å²) in [6.07, 6.45) is 5.46. The molecular formula is C19H17ClFN. The van der Waals surface area contributed by atoms with Crippen molar-refractivity contribution in [2.45, 2.75) is 25.3 Å². The van der Waals surface area contributed by atoms with Crippen molar-refractivity contribution in [1.29, 1.82) is 0 Å². The summed E-state index contributed by atoms with van der Waals surface area (Å²) in [5.41, 5.74) is 4.48. The van der Waals surface area contributed by atoms with Crippen LogP contribution in [0.25, 0.3) is 0 Å². The maximum Gasteiger partial charge on any atom is 0.123 e. The van der Waals surface area contributed by atoms with E-state index in [4.69, 9.17) is 11.6 Å². The fourth-order valence-corrected chi connectivity index (χ4v) is 4.12. The van der Waals surface area contributed by atoms with Gasteiger partial charge in [0.05, 0.1) is 6.04 Å². The SMILES string of the molecule is Cc1ccc(Cl)c2c1N[C@H](c1cccc(F)c1)[C@@H]1CC=C[C@H]21. The van der Waals surface area contributed by atoms with Crippen molar-refractivity contribution >= 4 is 17.3 Å². The molecule has 0 saturated carbocycles. The number of fused-ring (bicyclic) bond motifs is 3. The quantitative estimate of drug-likeness (QED) is 0.674. The lowest BCUT2D eigenvalue weighted by Gasteiger charge is -2.38. The normalized spacial score (nSPS) is 25.5. The van der Waals surface area contributed by atoms with Gasteiger partial charge in [0.1, 0.15) is 5.82 Å². The van der Waals surface area contributed by atoms with E-state index < -0.39 is 0 Å². The minimum Gasteiger partial charge on any atom is -0.377 e. The highest BCUT2D eigenvalue weighted by molar-refractivity contribution is 6.32. The molecule has 1 aliphatic carbocycles. The molecule has 0 unspecified atom stereocenters. The third-order valence-electron chi connectivity index (χ3n) is 4.88. The Kier molecular flexibility index (Phi) is 3.23. The van der Waals surface area contributed by atoms with Gasteiger partial charge in [0.15, 0.2) is 0 Å². The van der Waals surface area contributed by atoms with Crippen LogP contribution in [0, 0.1) is 18.7 Å². The molecule has 0 fully saturated rings. The van der Waals surface area contributed by atoms with Gasteiger partial charge >= 0.3 is 0 Å². The molecule has 1 heterocycles. The van der Waals surface area contributed by atoms with E-state index in [0.717, 1.165) is 22.7 Å². The molecule has 0 amide bonds. The Morgan fingerprint density at radius 2 is 2.09 bits per heavy atom. The van der Waals surface area contributed by atoms with E-state index in [1.165, 1.54) is 17.2 Å². The Bertz CT molecular complexity index is 768. The van der Waals surface area contributed by atoms with Crippen LogP contribution in [0.2, 0.25) is 5.02 Å². The minimum absolute atomic E-state index is 0.111. The predicted molar refractivity (Wildman–Crippen MR) is 88.9 cm³/mol.